The van der Waals surface area contributed by atoms with Gasteiger partial charge in [-0.25, -0.2) is 0 Å². The molecule has 1 saturated heterocycles. The van der Waals surface area contributed by atoms with Crippen molar-refractivity contribution >= 4 is 16.5 Å². The van der Waals surface area contributed by atoms with Crippen molar-refractivity contribution in [2.24, 2.45) is 5.92 Å². The first-order valence-electron chi connectivity index (χ1n) is 7.90. The average Bonchev–Trinajstić information content (AvgIpc) is 3.02. The first-order chi connectivity index (χ1) is 11.2. The van der Waals surface area contributed by atoms with Crippen LogP contribution in [0.5, 0.6) is 5.75 Å². The first-order valence-corrected chi connectivity index (χ1v) is 8.72. The summed E-state index contributed by atoms with van der Waals surface area (Å²) in [6.45, 7) is 3.93. The quantitative estimate of drug-likeness (QED) is 0.842. The second-order valence-electron chi connectivity index (χ2n) is 5.92. The SMILES string of the molecule is COc1ccc(C[C@H]2CN(c3nnc(C)s3)CC[C@H]2OC)cc1. The van der Waals surface area contributed by atoms with Gasteiger partial charge in [-0.05, 0) is 37.5 Å². The van der Waals surface area contributed by atoms with E-state index in [1.54, 1.807) is 18.4 Å². The third kappa shape index (κ3) is 3.82. The fraction of sp³-hybridized carbons (Fsp3) is 0.529. The Morgan fingerprint density at radius 1 is 1.22 bits per heavy atom. The lowest BCUT2D eigenvalue weighted by Crippen LogP contribution is -2.45. The van der Waals surface area contributed by atoms with Crippen LogP contribution < -0.4 is 9.64 Å². The van der Waals surface area contributed by atoms with Crippen LogP contribution in [-0.2, 0) is 11.2 Å². The molecule has 0 unspecified atom stereocenters. The van der Waals surface area contributed by atoms with Gasteiger partial charge in [-0.15, -0.1) is 10.2 Å². The molecule has 2 heterocycles. The average molecular weight is 333 g/mol. The van der Waals surface area contributed by atoms with Crippen molar-refractivity contribution < 1.29 is 9.47 Å². The van der Waals surface area contributed by atoms with Gasteiger partial charge in [0.15, 0.2) is 0 Å². The van der Waals surface area contributed by atoms with Crippen LogP contribution in [0.3, 0.4) is 0 Å². The molecule has 0 amide bonds. The number of aryl methyl sites for hydroxylation is 1. The third-order valence-electron chi connectivity index (χ3n) is 4.41. The number of anilines is 1. The molecule has 3 rings (SSSR count). The van der Waals surface area contributed by atoms with E-state index in [9.17, 15) is 0 Å². The molecule has 2 atom stereocenters. The molecule has 0 spiro atoms. The lowest BCUT2D eigenvalue weighted by atomic mass is 9.88. The van der Waals surface area contributed by atoms with Crippen molar-refractivity contribution in [2.75, 3.05) is 32.2 Å². The summed E-state index contributed by atoms with van der Waals surface area (Å²) in [4.78, 5) is 2.34. The Kier molecular flexibility index (Phi) is 5.13. The van der Waals surface area contributed by atoms with Crippen molar-refractivity contribution in [2.45, 2.75) is 25.9 Å². The maximum absolute atomic E-state index is 5.73. The predicted octanol–water partition coefficient (Wildman–Crippen LogP) is 2.94. The summed E-state index contributed by atoms with van der Waals surface area (Å²) in [5, 5.41) is 10.5. The van der Waals surface area contributed by atoms with E-state index in [0.29, 0.717) is 12.0 Å². The van der Waals surface area contributed by atoms with E-state index >= 15 is 0 Å². The van der Waals surface area contributed by atoms with E-state index in [4.69, 9.17) is 9.47 Å². The van der Waals surface area contributed by atoms with Crippen LogP contribution in [0.4, 0.5) is 5.13 Å². The highest BCUT2D eigenvalue weighted by Gasteiger charge is 2.30. The molecule has 124 valence electrons. The number of aromatic nitrogens is 2. The van der Waals surface area contributed by atoms with Gasteiger partial charge in [0.25, 0.3) is 0 Å². The molecule has 0 bridgehead atoms. The summed E-state index contributed by atoms with van der Waals surface area (Å²) in [5.41, 5.74) is 1.31. The standard InChI is InChI=1S/C17H23N3O2S/c1-12-18-19-17(23-12)20-9-8-16(22-3)14(11-20)10-13-4-6-15(21-2)7-5-13/h4-7,14,16H,8-11H2,1-3H3/t14-,16+/m0/s1. The van der Waals surface area contributed by atoms with Gasteiger partial charge < -0.3 is 14.4 Å². The zero-order chi connectivity index (χ0) is 16.2. The van der Waals surface area contributed by atoms with E-state index in [-0.39, 0.29) is 0 Å². The van der Waals surface area contributed by atoms with Crippen molar-refractivity contribution in [3.8, 4) is 5.75 Å². The van der Waals surface area contributed by atoms with Crippen molar-refractivity contribution in [1.82, 2.24) is 10.2 Å². The number of nitrogens with zero attached hydrogens (tertiary/aromatic N) is 3. The van der Waals surface area contributed by atoms with Crippen LogP contribution in [0, 0.1) is 12.8 Å². The number of ether oxygens (including phenoxy) is 2. The molecule has 0 saturated carbocycles. The smallest absolute Gasteiger partial charge is 0.208 e. The molecule has 1 aliphatic heterocycles. The minimum Gasteiger partial charge on any atom is -0.497 e. The molecular weight excluding hydrogens is 310 g/mol. The van der Waals surface area contributed by atoms with Crippen molar-refractivity contribution in [3.05, 3.63) is 34.8 Å². The summed E-state index contributed by atoms with van der Waals surface area (Å²) in [6.07, 6.45) is 2.31. The summed E-state index contributed by atoms with van der Waals surface area (Å²) < 4.78 is 11.0. The van der Waals surface area contributed by atoms with Crippen LogP contribution in [0.2, 0.25) is 0 Å². The van der Waals surface area contributed by atoms with Gasteiger partial charge >= 0.3 is 0 Å². The van der Waals surface area contributed by atoms with Crippen LogP contribution in [0.15, 0.2) is 24.3 Å². The van der Waals surface area contributed by atoms with Crippen LogP contribution >= 0.6 is 11.3 Å². The van der Waals surface area contributed by atoms with Gasteiger partial charge in [-0.1, -0.05) is 23.5 Å². The number of methoxy groups -OCH3 is 2. The Balaban J connectivity index is 1.71. The van der Waals surface area contributed by atoms with E-state index in [0.717, 1.165) is 41.8 Å². The lowest BCUT2D eigenvalue weighted by Gasteiger charge is -2.37. The summed E-state index contributed by atoms with van der Waals surface area (Å²) in [5.74, 6) is 1.35. The van der Waals surface area contributed by atoms with Crippen molar-refractivity contribution in [3.63, 3.8) is 0 Å². The second kappa shape index (κ2) is 7.27. The predicted molar refractivity (Wildman–Crippen MR) is 92.5 cm³/mol. The number of benzene rings is 1. The second-order valence-corrected chi connectivity index (χ2v) is 7.08. The summed E-state index contributed by atoms with van der Waals surface area (Å²) >= 11 is 1.66. The zero-order valence-electron chi connectivity index (χ0n) is 13.9. The maximum Gasteiger partial charge on any atom is 0.208 e. The number of hydrogen-bond donors (Lipinski definition) is 0. The first kappa shape index (κ1) is 16.2. The Hall–Kier alpha value is -1.66. The summed E-state index contributed by atoms with van der Waals surface area (Å²) in [6, 6.07) is 8.32. The van der Waals surface area contributed by atoms with Gasteiger partial charge in [0.1, 0.15) is 10.8 Å². The van der Waals surface area contributed by atoms with Gasteiger partial charge in [0, 0.05) is 26.1 Å². The minimum absolute atomic E-state index is 0.294. The molecule has 5 nitrogen and oxygen atoms in total. The molecule has 0 aliphatic carbocycles. The zero-order valence-corrected chi connectivity index (χ0v) is 14.7. The van der Waals surface area contributed by atoms with Crippen LogP contribution in [-0.4, -0.2) is 43.6 Å². The topological polar surface area (TPSA) is 47.5 Å². The Labute approximate surface area is 141 Å². The van der Waals surface area contributed by atoms with Gasteiger partial charge in [-0.2, -0.15) is 0 Å². The Morgan fingerprint density at radius 2 is 2.00 bits per heavy atom. The van der Waals surface area contributed by atoms with Crippen LogP contribution in [0.1, 0.15) is 17.0 Å². The fourth-order valence-corrected chi connectivity index (χ4v) is 3.89. The van der Waals surface area contributed by atoms with E-state index in [1.807, 2.05) is 26.2 Å². The minimum atomic E-state index is 0.294. The molecular formula is C17H23N3O2S. The maximum atomic E-state index is 5.73. The fourth-order valence-electron chi connectivity index (χ4n) is 3.17. The van der Waals surface area contributed by atoms with Gasteiger partial charge in [0.05, 0.1) is 13.2 Å². The third-order valence-corrected chi connectivity index (χ3v) is 5.31. The number of hydrogen-bond acceptors (Lipinski definition) is 6. The Bertz CT molecular complexity index is 629. The number of piperidine rings is 1. The molecule has 1 aromatic heterocycles. The molecule has 0 radical (unpaired) electrons. The highest BCUT2D eigenvalue weighted by molar-refractivity contribution is 7.15. The summed E-state index contributed by atoms with van der Waals surface area (Å²) in [7, 11) is 3.51. The Morgan fingerprint density at radius 3 is 2.61 bits per heavy atom. The highest BCUT2D eigenvalue weighted by Crippen LogP contribution is 2.29. The molecule has 23 heavy (non-hydrogen) atoms. The largest absolute Gasteiger partial charge is 0.497 e. The number of rotatable bonds is 5. The van der Waals surface area contributed by atoms with E-state index in [2.05, 4.69) is 27.2 Å². The molecule has 2 aromatic rings. The molecule has 0 N–H and O–H groups in total. The normalized spacial score (nSPS) is 21.4. The molecule has 1 fully saturated rings. The molecule has 6 heteroatoms. The monoisotopic (exact) mass is 333 g/mol. The molecule has 1 aliphatic rings. The highest BCUT2D eigenvalue weighted by atomic mass is 32.1. The van der Waals surface area contributed by atoms with E-state index in [1.165, 1.54) is 5.56 Å². The van der Waals surface area contributed by atoms with Crippen molar-refractivity contribution in [1.29, 1.82) is 0 Å². The lowest BCUT2D eigenvalue weighted by molar-refractivity contribution is 0.0376. The van der Waals surface area contributed by atoms with E-state index < -0.39 is 0 Å². The van der Waals surface area contributed by atoms with Crippen LogP contribution in [0.25, 0.3) is 0 Å². The van der Waals surface area contributed by atoms with Gasteiger partial charge in [0.2, 0.25) is 5.13 Å². The molecule has 1 aromatic carbocycles. The van der Waals surface area contributed by atoms with Gasteiger partial charge in [-0.3, -0.25) is 0 Å².